The molecule has 1 aromatic carbocycles. The van der Waals surface area contributed by atoms with Crippen LogP contribution < -0.4 is 9.47 Å². The number of ether oxygens (including phenoxy) is 2. The van der Waals surface area contributed by atoms with Gasteiger partial charge in [-0.1, -0.05) is 12.1 Å². The van der Waals surface area contributed by atoms with E-state index in [9.17, 15) is 14.7 Å². The first-order valence-corrected chi connectivity index (χ1v) is 8.37. The Balaban J connectivity index is 1.58. The number of amides is 1. The van der Waals surface area contributed by atoms with Gasteiger partial charge in [-0.15, -0.1) is 0 Å². The summed E-state index contributed by atoms with van der Waals surface area (Å²) in [6, 6.07) is 5.63. The predicted octanol–water partition coefficient (Wildman–Crippen LogP) is 1.22. The highest BCUT2D eigenvalue weighted by atomic mass is 16.5. The highest BCUT2D eigenvalue weighted by Gasteiger charge is 2.40. The van der Waals surface area contributed by atoms with Crippen LogP contribution in [0.25, 0.3) is 0 Å². The number of fused-ring (bicyclic) bond motifs is 1. The van der Waals surface area contributed by atoms with Crippen molar-refractivity contribution in [2.45, 2.75) is 44.3 Å². The monoisotopic (exact) mass is 349 g/mol. The maximum atomic E-state index is 12.3. The van der Waals surface area contributed by atoms with Crippen LogP contribution in [0.4, 0.5) is 0 Å². The lowest BCUT2D eigenvalue weighted by Crippen LogP contribution is -2.51. The number of benzene rings is 1. The van der Waals surface area contributed by atoms with E-state index in [1.54, 1.807) is 6.07 Å². The van der Waals surface area contributed by atoms with Gasteiger partial charge in [-0.2, -0.15) is 0 Å². The Morgan fingerprint density at radius 3 is 2.60 bits per heavy atom. The van der Waals surface area contributed by atoms with Crippen LogP contribution in [0, 0.1) is 0 Å². The van der Waals surface area contributed by atoms with Crippen LogP contribution in [0.2, 0.25) is 0 Å². The molecule has 0 bridgehead atoms. The number of para-hydroxylation sites is 1. The molecule has 3 rings (SSSR count). The van der Waals surface area contributed by atoms with Crippen LogP contribution >= 0.6 is 0 Å². The summed E-state index contributed by atoms with van der Waals surface area (Å²) in [4.78, 5) is 24.9. The fraction of sp³-hybridized carbons (Fsp3) is 0.556. The van der Waals surface area contributed by atoms with Crippen molar-refractivity contribution in [1.29, 1.82) is 0 Å². The zero-order valence-electron chi connectivity index (χ0n) is 14.4. The molecular weight excluding hydrogens is 326 g/mol. The van der Waals surface area contributed by atoms with Crippen molar-refractivity contribution in [2.75, 3.05) is 19.7 Å². The molecule has 2 aliphatic heterocycles. The van der Waals surface area contributed by atoms with Crippen molar-refractivity contribution < 1.29 is 29.3 Å². The quantitative estimate of drug-likeness (QED) is 0.848. The summed E-state index contributed by atoms with van der Waals surface area (Å²) >= 11 is 0. The first-order chi connectivity index (χ1) is 11.7. The van der Waals surface area contributed by atoms with Gasteiger partial charge in [0.15, 0.2) is 23.7 Å². The number of hydrogen-bond donors (Lipinski definition) is 2. The number of carbonyl (C=O) groups is 2. The molecule has 136 valence electrons. The minimum atomic E-state index is -1.74. The summed E-state index contributed by atoms with van der Waals surface area (Å²) in [7, 11) is 0. The van der Waals surface area contributed by atoms with Gasteiger partial charge in [0.05, 0.1) is 0 Å². The number of nitrogens with zero attached hydrogens (tertiary/aromatic N) is 1. The Morgan fingerprint density at radius 1 is 1.28 bits per heavy atom. The number of carboxylic acids is 1. The van der Waals surface area contributed by atoms with Crippen LogP contribution in [0.1, 0.15) is 32.3 Å². The standard InChI is InChI=1S/C18H23NO6/c1-17(2)10-12-4-3-5-13(15(12)25-17)24-11-14(20)19-8-6-18(23,7-9-19)16(21)22/h3-5,23H,6-11H2,1-2H3,(H,21,22). The number of rotatable bonds is 4. The zero-order valence-corrected chi connectivity index (χ0v) is 14.4. The Hall–Kier alpha value is -2.28. The topological polar surface area (TPSA) is 96.3 Å². The smallest absolute Gasteiger partial charge is 0.335 e. The summed E-state index contributed by atoms with van der Waals surface area (Å²) in [6.07, 6.45) is 0.825. The van der Waals surface area contributed by atoms with Crippen molar-refractivity contribution in [3.63, 3.8) is 0 Å². The zero-order chi connectivity index (χ0) is 18.2. The normalized spacial score (nSPS) is 20.5. The molecular formula is C18H23NO6. The summed E-state index contributed by atoms with van der Waals surface area (Å²) in [6.45, 7) is 4.24. The van der Waals surface area contributed by atoms with Crippen LogP contribution in [0.3, 0.4) is 0 Å². The third kappa shape index (κ3) is 3.56. The van der Waals surface area contributed by atoms with E-state index in [1.165, 1.54) is 4.90 Å². The third-order valence-electron chi connectivity index (χ3n) is 4.75. The number of likely N-dealkylation sites (tertiary alicyclic amines) is 1. The molecule has 1 amide bonds. The molecule has 2 heterocycles. The van der Waals surface area contributed by atoms with Gasteiger partial charge in [-0.25, -0.2) is 4.79 Å². The van der Waals surface area contributed by atoms with Crippen LogP contribution in [-0.2, 0) is 16.0 Å². The van der Waals surface area contributed by atoms with Gasteiger partial charge in [-0.05, 0) is 19.9 Å². The molecule has 2 aliphatic rings. The van der Waals surface area contributed by atoms with E-state index in [4.69, 9.17) is 14.6 Å². The average Bonchev–Trinajstić information content (AvgIpc) is 2.87. The van der Waals surface area contributed by atoms with Crippen molar-refractivity contribution in [1.82, 2.24) is 4.90 Å². The molecule has 0 saturated carbocycles. The average molecular weight is 349 g/mol. The number of carbonyl (C=O) groups excluding carboxylic acids is 1. The highest BCUT2D eigenvalue weighted by molar-refractivity contribution is 5.80. The minimum absolute atomic E-state index is 0.0199. The fourth-order valence-electron chi connectivity index (χ4n) is 3.27. The molecule has 0 aromatic heterocycles. The van der Waals surface area contributed by atoms with Crippen LogP contribution in [-0.4, -0.2) is 57.9 Å². The van der Waals surface area contributed by atoms with Crippen molar-refractivity contribution in [3.8, 4) is 11.5 Å². The van der Waals surface area contributed by atoms with Gasteiger partial charge >= 0.3 is 5.97 Å². The van der Waals surface area contributed by atoms with Gasteiger partial charge in [0.1, 0.15) is 5.60 Å². The molecule has 7 nitrogen and oxygen atoms in total. The van der Waals surface area contributed by atoms with E-state index in [-0.39, 0.29) is 44.0 Å². The first kappa shape index (κ1) is 17.5. The Kier molecular flexibility index (Phi) is 4.36. The van der Waals surface area contributed by atoms with Crippen LogP contribution in [0.15, 0.2) is 18.2 Å². The van der Waals surface area contributed by atoms with Crippen molar-refractivity contribution in [3.05, 3.63) is 23.8 Å². The lowest BCUT2D eigenvalue weighted by atomic mass is 9.92. The second-order valence-electron chi connectivity index (χ2n) is 7.29. The molecule has 1 fully saturated rings. The highest BCUT2D eigenvalue weighted by Crippen LogP contribution is 2.41. The summed E-state index contributed by atoms with van der Waals surface area (Å²) < 4.78 is 11.6. The molecule has 1 saturated heterocycles. The molecule has 1 aromatic rings. The SMILES string of the molecule is CC1(C)Cc2cccc(OCC(=O)N3CCC(O)(C(=O)O)CC3)c2O1. The molecule has 0 atom stereocenters. The number of piperidine rings is 1. The maximum Gasteiger partial charge on any atom is 0.335 e. The van der Waals surface area contributed by atoms with Gasteiger partial charge in [0.25, 0.3) is 5.91 Å². The second-order valence-corrected chi connectivity index (χ2v) is 7.29. The maximum absolute atomic E-state index is 12.3. The van der Waals surface area contributed by atoms with Crippen molar-refractivity contribution >= 4 is 11.9 Å². The van der Waals surface area contributed by atoms with E-state index in [2.05, 4.69) is 0 Å². The van der Waals surface area contributed by atoms with Gasteiger partial charge in [-0.3, -0.25) is 4.79 Å². The molecule has 0 radical (unpaired) electrons. The third-order valence-corrected chi connectivity index (χ3v) is 4.75. The van der Waals surface area contributed by atoms with E-state index < -0.39 is 11.6 Å². The first-order valence-electron chi connectivity index (χ1n) is 8.37. The number of hydrogen-bond acceptors (Lipinski definition) is 5. The number of carboxylic acid groups (broad SMARTS) is 1. The molecule has 7 heteroatoms. The second kappa shape index (κ2) is 6.22. The summed E-state index contributed by atoms with van der Waals surface area (Å²) in [5.41, 5.74) is -0.975. The Morgan fingerprint density at radius 2 is 1.96 bits per heavy atom. The summed E-state index contributed by atoms with van der Waals surface area (Å²) in [5, 5.41) is 18.9. The van der Waals surface area contributed by atoms with E-state index in [0.717, 1.165) is 12.0 Å². The van der Waals surface area contributed by atoms with E-state index in [1.807, 2.05) is 26.0 Å². The molecule has 0 aliphatic carbocycles. The van der Waals surface area contributed by atoms with Gasteiger partial charge in [0, 0.05) is 37.9 Å². The minimum Gasteiger partial charge on any atom is -0.483 e. The van der Waals surface area contributed by atoms with E-state index in [0.29, 0.717) is 11.5 Å². The molecule has 0 unspecified atom stereocenters. The Bertz CT molecular complexity index is 691. The largest absolute Gasteiger partial charge is 0.483 e. The Labute approximate surface area is 146 Å². The van der Waals surface area contributed by atoms with Crippen molar-refractivity contribution in [2.24, 2.45) is 0 Å². The summed E-state index contributed by atoms with van der Waals surface area (Å²) in [5.74, 6) is -0.257. The van der Waals surface area contributed by atoms with E-state index >= 15 is 0 Å². The fourth-order valence-corrected chi connectivity index (χ4v) is 3.27. The lowest BCUT2D eigenvalue weighted by Gasteiger charge is -2.35. The molecule has 0 spiro atoms. The number of aliphatic hydroxyl groups is 1. The predicted molar refractivity (Wildman–Crippen MR) is 88.7 cm³/mol. The van der Waals surface area contributed by atoms with Gasteiger partial charge in [0.2, 0.25) is 0 Å². The molecule has 25 heavy (non-hydrogen) atoms. The lowest BCUT2D eigenvalue weighted by molar-refractivity contribution is -0.165. The number of aliphatic carboxylic acids is 1. The molecule has 2 N–H and O–H groups in total. The van der Waals surface area contributed by atoms with Gasteiger partial charge < -0.3 is 24.6 Å². The van der Waals surface area contributed by atoms with Crippen LogP contribution in [0.5, 0.6) is 11.5 Å².